The number of aryl methyl sites for hydroxylation is 2. The molecule has 0 amide bonds. The van der Waals surface area contributed by atoms with Crippen molar-refractivity contribution in [2.24, 2.45) is 7.05 Å². The molecule has 3 aromatic rings. The van der Waals surface area contributed by atoms with E-state index in [0.717, 1.165) is 27.8 Å². The van der Waals surface area contributed by atoms with Gasteiger partial charge in [0.2, 0.25) is 0 Å². The Balaban J connectivity index is 2.16. The zero-order valence-electron chi connectivity index (χ0n) is 14.4. The SMILES string of the molecule is C/C=C/C(=C/c1ccc(C)cc1-c1ccc(F)cc1)c1nnnn1C. The normalized spacial score (nSPS) is 12.1. The largest absolute Gasteiger partial charge is 0.229 e. The van der Waals surface area contributed by atoms with Crippen LogP contribution in [0.1, 0.15) is 23.9 Å². The Morgan fingerprint density at radius 2 is 1.88 bits per heavy atom. The number of hydrogen-bond donors (Lipinski definition) is 0. The van der Waals surface area contributed by atoms with Crippen molar-refractivity contribution in [2.45, 2.75) is 13.8 Å². The molecule has 0 saturated carbocycles. The molecule has 5 heteroatoms. The van der Waals surface area contributed by atoms with E-state index in [1.165, 1.54) is 12.1 Å². The van der Waals surface area contributed by atoms with Crippen molar-refractivity contribution in [3.63, 3.8) is 0 Å². The average molecular weight is 334 g/mol. The van der Waals surface area contributed by atoms with Crippen LogP contribution in [0.25, 0.3) is 22.8 Å². The second kappa shape index (κ2) is 7.21. The van der Waals surface area contributed by atoms with Crippen LogP contribution in [-0.2, 0) is 7.05 Å². The maximum absolute atomic E-state index is 13.3. The van der Waals surface area contributed by atoms with Crippen molar-refractivity contribution in [3.05, 3.63) is 77.4 Å². The third-order valence-corrected chi connectivity index (χ3v) is 3.90. The van der Waals surface area contributed by atoms with E-state index in [1.54, 1.807) is 16.8 Å². The predicted octanol–water partition coefficient (Wildman–Crippen LogP) is 4.44. The molecular weight excluding hydrogens is 315 g/mol. The van der Waals surface area contributed by atoms with Gasteiger partial charge in [-0.1, -0.05) is 48.0 Å². The monoisotopic (exact) mass is 334 g/mol. The van der Waals surface area contributed by atoms with Crippen LogP contribution in [0.15, 0.2) is 54.6 Å². The fourth-order valence-electron chi connectivity index (χ4n) is 2.68. The van der Waals surface area contributed by atoms with Crippen molar-refractivity contribution >= 4 is 11.6 Å². The molecule has 126 valence electrons. The van der Waals surface area contributed by atoms with Gasteiger partial charge in [0.15, 0.2) is 5.82 Å². The lowest BCUT2D eigenvalue weighted by molar-refractivity contribution is 0.628. The van der Waals surface area contributed by atoms with E-state index >= 15 is 0 Å². The molecule has 0 bridgehead atoms. The molecule has 4 nitrogen and oxygen atoms in total. The first-order chi connectivity index (χ1) is 12.1. The number of halogens is 1. The van der Waals surface area contributed by atoms with E-state index in [4.69, 9.17) is 0 Å². The highest BCUT2D eigenvalue weighted by Gasteiger charge is 2.10. The van der Waals surface area contributed by atoms with Crippen molar-refractivity contribution in [1.82, 2.24) is 20.2 Å². The Bertz CT molecular complexity index is 937. The number of benzene rings is 2. The summed E-state index contributed by atoms with van der Waals surface area (Å²) in [6.07, 6.45) is 5.97. The van der Waals surface area contributed by atoms with E-state index < -0.39 is 0 Å². The summed E-state index contributed by atoms with van der Waals surface area (Å²) < 4.78 is 14.9. The van der Waals surface area contributed by atoms with Gasteiger partial charge in [0.25, 0.3) is 0 Å². The summed E-state index contributed by atoms with van der Waals surface area (Å²) >= 11 is 0. The molecule has 0 aliphatic heterocycles. The summed E-state index contributed by atoms with van der Waals surface area (Å²) in [4.78, 5) is 0. The van der Waals surface area contributed by atoms with Crippen molar-refractivity contribution in [3.8, 4) is 11.1 Å². The molecule has 3 rings (SSSR count). The third-order valence-electron chi connectivity index (χ3n) is 3.90. The molecule has 2 aromatic carbocycles. The lowest BCUT2D eigenvalue weighted by Crippen LogP contribution is -1.98. The van der Waals surface area contributed by atoms with Crippen LogP contribution < -0.4 is 0 Å². The van der Waals surface area contributed by atoms with E-state index in [-0.39, 0.29) is 5.82 Å². The van der Waals surface area contributed by atoms with Gasteiger partial charge in [0.05, 0.1) is 0 Å². The summed E-state index contributed by atoms with van der Waals surface area (Å²) in [6.45, 7) is 3.99. The zero-order valence-corrected chi connectivity index (χ0v) is 14.4. The molecule has 0 radical (unpaired) electrons. The van der Waals surface area contributed by atoms with Gasteiger partial charge in [-0.25, -0.2) is 9.07 Å². The average Bonchev–Trinajstić information content (AvgIpc) is 3.02. The molecule has 0 aliphatic carbocycles. The van der Waals surface area contributed by atoms with Gasteiger partial charge in [-0.05, 0) is 59.2 Å². The van der Waals surface area contributed by atoms with Crippen molar-refractivity contribution < 1.29 is 4.39 Å². The Labute approximate surface area is 146 Å². The maximum atomic E-state index is 13.3. The molecule has 0 unspecified atom stereocenters. The first-order valence-electron chi connectivity index (χ1n) is 8.02. The molecule has 0 atom stereocenters. The van der Waals surface area contributed by atoms with Crippen LogP contribution in [-0.4, -0.2) is 20.2 Å². The predicted molar refractivity (Wildman–Crippen MR) is 98.1 cm³/mol. The molecule has 0 fully saturated rings. The first kappa shape index (κ1) is 16.8. The van der Waals surface area contributed by atoms with E-state index in [2.05, 4.69) is 33.7 Å². The smallest absolute Gasteiger partial charge is 0.181 e. The quantitative estimate of drug-likeness (QED) is 0.663. The highest BCUT2D eigenvalue weighted by Crippen LogP contribution is 2.29. The topological polar surface area (TPSA) is 43.6 Å². The van der Waals surface area contributed by atoms with Crippen molar-refractivity contribution in [2.75, 3.05) is 0 Å². The number of rotatable bonds is 4. The highest BCUT2D eigenvalue weighted by molar-refractivity contribution is 5.89. The van der Waals surface area contributed by atoms with E-state index in [1.807, 2.05) is 39.1 Å². The summed E-state index contributed by atoms with van der Waals surface area (Å²) in [7, 11) is 1.81. The van der Waals surface area contributed by atoms with E-state index in [0.29, 0.717) is 5.82 Å². The summed E-state index contributed by atoms with van der Waals surface area (Å²) in [5.74, 6) is 0.442. The van der Waals surface area contributed by atoms with Gasteiger partial charge < -0.3 is 0 Å². The summed E-state index contributed by atoms with van der Waals surface area (Å²) in [5.41, 5.74) is 5.07. The summed E-state index contributed by atoms with van der Waals surface area (Å²) in [5, 5.41) is 11.7. The Hall–Kier alpha value is -3.08. The fraction of sp³-hybridized carbons (Fsp3) is 0.150. The lowest BCUT2D eigenvalue weighted by Gasteiger charge is -2.10. The molecule has 1 heterocycles. The number of allylic oxidation sites excluding steroid dienone is 3. The third kappa shape index (κ3) is 3.71. The molecule has 25 heavy (non-hydrogen) atoms. The zero-order chi connectivity index (χ0) is 17.8. The van der Waals surface area contributed by atoms with Gasteiger partial charge in [-0.2, -0.15) is 0 Å². The van der Waals surface area contributed by atoms with Gasteiger partial charge in [0, 0.05) is 12.6 Å². The molecule has 0 N–H and O–H groups in total. The Morgan fingerprint density at radius 3 is 2.52 bits per heavy atom. The first-order valence-corrected chi connectivity index (χ1v) is 8.02. The van der Waals surface area contributed by atoms with E-state index in [9.17, 15) is 4.39 Å². The minimum atomic E-state index is -0.242. The van der Waals surface area contributed by atoms with Crippen LogP contribution in [0.4, 0.5) is 4.39 Å². The Morgan fingerprint density at radius 1 is 1.12 bits per heavy atom. The second-order valence-corrected chi connectivity index (χ2v) is 5.82. The fourth-order valence-corrected chi connectivity index (χ4v) is 2.68. The van der Waals surface area contributed by atoms with Gasteiger partial charge in [-0.15, -0.1) is 5.10 Å². The van der Waals surface area contributed by atoms with Gasteiger partial charge >= 0.3 is 0 Å². The summed E-state index contributed by atoms with van der Waals surface area (Å²) in [6, 6.07) is 12.8. The van der Waals surface area contributed by atoms with Crippen molar-refractivity contribution in [1.29, 1.82) is 0 Å². The highest BCUT2D eigenvalue weighted by atomic mass is 19.1. The molecule has 0 aliphatic rings. The molecule has 0 spiro atoms. The van der Waals surface area contributed by atoms with Crippen LogP contribution in [0.5, 0.6) is 0 Å². The standard InChI is InChI=1S/C20H19FN4/c1-4-5-17(20-22-23-24-25(20)3)13-16-7-6-14(2)12-19(16)15-8-10-18(21)11-9-15/h4-13H,1-3H3/b5-4+,17-13-. The van der Waals surface area contributed by atoms with Gasteiger partial charge in [-0.3, -0.25) is 0 Å². The minimum Gasteiger partial charge on any atom is -0.229 e. The second-order valence-electron chi connectivity index (χ2n) is 5.82. The van der Waals surface area contributed by atoms with Crippen LogP contribution in [0.2, 0.25) is 0 Å². The minimum absolute atomic E-state index is 0.242. The number of aromatic nitrogens is 4. The maximum Gasteiger partial charge on any atom is 0.181 e. The number of nitrogens with zero attached hydrogens (tertiary/aromatic N) is 4. The number of hydrogen-bond acceptors (Lipinski definition) is 3. The van der Waals surface area contributed by atoms with Crippen LogP contribution >= 0.6 is 0 Å². The molecule has 1 aromatic heterocycles. The number of tetrazole rings is 1. The Kier molecular flexibility index (Phi) is 4.84. The molecule has 0 saturated heterocycles. The van der Waals surface area contributed by atoms with Crippen LogP contribution in [0.3, 0.4) is 0 Å². The van der Waals surface area contributed by atoms with Crippen LogP contribution in [0, 0.1) is 12.7 Å². The molecular formula is C20H19FN4. The lowest BCUT2D eigenvalue weighted by atomic mass is 9.96. The van der Waals surface area contributed by atoms with Gasteiger partial charge in [0.1, 0.15) is 5.82 Å².